The van der Waals surface area contributed by atoms with Gasteiger partial charge in [0.2, 0.25) is 0 Å². The molecule has 14 heteroatoms. The third-order valence-corrected chi connectivity index (χ3v) is 11.0. The molecule has 0 aliphatic rings. The number of thiazole rings is 2. The third kappa shape index (κ3) is 14.4. The molecule has 6 aromatic rings. The van der Waals surface area contributed by atoms with Gasteiger partial charge in [0.05, 0.1) is 54.3 Å². The number of nitrogens with zero attached hydrogens (tertiary/aromatic N) is 2. The van der Waals surface area contributed by atoms with Gasteiger partial charge in [0.25, 0.3) is 0 Å². The summed E-state index contributed by atoms with van der Waals surface area (Å²) >= 11 is 7.70. The van der Waals surface area contributed by atoms with Crippen LogP contribution in [0.2, 0.25) is 0 Å². The molecule has 0 unspecified atom stereocenters. The second-order valence-corrected chi connectivity index (χ2v) is 16.8. The van der Waals surface area contributed by atoms with Crippen LogP contribution < -0.4 is 24.7 Å². The maximum Gasteiger partial charge on any atom is 0.303 e. The number of aryl methyl sites for hydroxylation is 2. The van der Waals surface area contributed by atoms with Gasteiger partial charge in [-0.3, -0.25) is 9.59 Å². The Morgan fingerprint density at radius 2 is 1.20 bits per heavy atom. The highest BCUT2D eigenvalue weighted by Crippen LogP contribution is 2.30. The molecule has 0 bridgehead atoms. The summed E-state index contributed by atoms with van der Waals surface area (Å²) in [6.45, 7) is 5.41. The highest BCUT2D eigenvalue weighted by Gasteiger charge is 2.12. The second kappa shape index (κ2) is 22.7. The molecule has 0 amide bonds. The zero-order chi connectivity index (χ0) is 39.7. The van der Waals surface area contributed by atoms with E-state index < -0.39 is 5.97 Å². The molecule has 0 fully saturated rings. The largest absolute Gasteiger partial charge is 0.493 e. The zero-order valence-corrected chi connectivity index (χ0v) is 37.2. The van der Waals surface area contributed by atoms with Crippen LogP contribution in [0.4, 0.5) is 5.13 Å². The van der Waals surface area contributed by atoms with Gasteiger partial charge in [-0.05, 0) is 143 Å². The van der Waals surface area contributed by atoms with Crippen molar-refractivity contribution in [3.63, 3.8) is 0 Å². The number of hydrogen-bond donors (Lipinski definition) is 2. The van der Waals surface area contributed by atoms with E-state index in [1.165, 1.54) is 18.5 Å². The van der Waals surface area contributed by atoms with E-state index in [9.17, 15) is 9.59 Å². The highest BCUT2D eigenvalue weighted by molar-refractivity contribution is 14.1. The third-order valence-electron chi connectivity index (χ3n) is 7.81. The molecule has 3 N–H and O–H groups in total. The van der Waals surface area contributed by atoms with Crippen LogP contribution in [-0.4, -0.2) is 54.3 Å². The number of carboxylic acid groups (broad SMARTS) is 1. The van der Waals surface area contributed by atoms with Crippen LogP contribution in [0.3, 0.4) is 0 Å². The lowest BCUT2D eigenvalue weighted by molar-refractivity contribution is -0.137. The average molecular weight is 1010 g/mol. The van der Waals surface area contributed by atoms with Crippen molar-refractivity contribution in [2.24, 2.45) is 0 Å². The summed E-state index contributed by atoms with van der Waals surface area (Å²) < 4.78 is 26.5. The molecule has 2 heterocycles. The molecule has 55 heavy (non-hydrogen) atoms. The van der Waals surface area contributed by atoms with Gasteiger partial charge in [0, 0.05) is 20.0 Å². The van der Waals surface area contributed by atoms with Crippen LogP contribution in [0, 0.1) is 7.14 Å². The van der Waals surface area contributed by atoms with Crippen molar-refractivity contribution in [2.75, 3.05) is 33.2 Å². The first-order valence-electron chi connectivity index (χ1n) is 17.7. The SMILES string of the molecule is CCCOc1ccc(CCC(=O)Cc2nc3ccc(I)cc3s2)cc1OC.CCCOc1ccc(CCC(=O)O)cc1OC.Nc1nc2ccc(I)cc2s1. The number of aromatic nitrogens is 2. The summed E-state index contributed by atoms with van der Waals surface area (Å²) in [5, 5.41) is 10.1. The van der Waals surface area contributed by atoms with E-state index in [1.807, 2.05) is 67.6 Å². The van der Waals surface area contributed by atoms with E-state index in [1.54, 1.807) is 25.6 Å². The molecular formula is C41H45I2N3O7S2. The number of nitrogens with two attached hydrogens (primary N) is 1. The van der Waals surface area contributed by atoms with E-state index in [0.717, 1.165) is 55.2 Å². The van der Waals surface area contributed by atoms with E-state index in [2.05, 4.69) is 74.2 Å². The Morgan fingerprint density at radius 1 is 0.691 bits per heavy atom. The van der Waals surface area contributed by atoms with Crippen molar-refractivity contribution in [1.29, 1.82) is 0 Å². The van der Waals surface area contributed by atoms with Gasteiger partial charge in [-0.1, -0.05) is 37.3 Å². The number of nitrogen functional groups attached to an aromatic ring is 1. The predicted molar refractivity (Wildman–Crippen MR) is 240 cm³/mol. The van der Waals surface area contributed by atoms with Gasteiger partial charge in [-0.15, -0.1) is 11.3 Å². The number of ether oxygens (including phenoxy) is 4. The van der Waals surface area contributed by atoms with Crippen LogP contribution in [-0.2, 0) is 28.9 Å². The summed E-state index contributed by atoms with van der Waals surface area (Å²) in [6, 6.07) is 23.7. The average Bonchev–Trinajstić information content (AvgIpc) is 3.75. The number of methoxy groups -OCH3 is 2. The Labute approximate surface area is 357 Å². The van der Waals surface area contributed by atoms with E-state index >= 15 is 0 Å². The fourth-order valence-electron chi connectivity index (χ4n) is 5.13. The van der Waals surface area contributed by atoms with Crippen molar-refractivity contribution in [1.82, 2.24) is 9.97 Å². The van der Waals surface area contributed by atoms with Crippen LogP contribution in [0.15, 0.2) is 72.8 Å². The lowest BCUT2D eigenvalue weighted by Crippen LogP contribution is -2.04. The number of fused-ring (bicyclic) bond motifs is 2. The van der Waals surface area contributed by atoms with Crippen molar-refractivity contribution < 1.29 is 33.6 Å². The smallest absolute Gasteiger partial charge is 0.303 e. The summed E-state index contributed by atoms with van der Waals surface area (Å²) in [5.74, 6) is 2.23. The van der Waals surface area contributed by atoms with Gasteiger partial charge >= 0.3 is 5.97 Å². The van der Waals surface area contributed by atoms with Crippen molar-refractivity contribution in [3.05, 3.63) is 96.1 Å². The minimum absolute atomic E-state index is 0.123. The number of aliphatic carboxylic acids is 1. The number of rotatable bonds is 16. The Bertz CT molecular complexity index is 2170. The summed E-state index contributed by atoms with van der Waals surface area (Å²) in [6.07, 6.45) is 4.08. The molecule has 0 atom stereocenters. The van der Waals surface area contributed by atoms with Crippen molar-refractivity contribution >= 4 is 105 Å². The molecule has 0 radical (unpaired) electrons. The Kier molecular flexibility index (Phi) is 18.2. The zero-order valence-electron chi connectivity index (χ0n) is 31.2. The standard InChI is InChI=1S/C21H22INO3S.C13H18O4.C7H5IN2S/c1-3-10-26-18-9-5-14(11-19(18)25-2)4-7-16(24)13-21-23-17-8-6-15(22)12-20(17)27-21;1-3-8-17-11-6-4-10(5-7-13(14)15)9-12(11)16-2;8-4-1-2-5-6(3-4)11-7(9)10-5/h5-6,8-9,11-12H,3-4,7,10,13H2,1-2H3;4,6,9H,3,5,7-8H2,1-2H3,(H,14,15);1-3H,(H2,9,10). The van der Waals surface area contributed by atoms with Gasteiger partial charge in [0.15, 0.2) is 28.1 Å². The number of benzene rings is 4. The fourth-order valence-corrected chi connectivity index (χ4v) is 8.34. The monoisotopic (exact) mass is 1010 g/mol. The van der Waals surface area contributed by atoms with Crippen LogP contribution in [0.5, 0.6) is 23.0 Å². The quantitative estimate of drug-likeness (QED) is 0.0900. The number of carbonyl (C=O) groups is 2. The van der Waals surface area contributed by atoms with Gasteiger partial charge < -0.3 is 29.8 Å². The van der Waals surface area contributed by atoms with E-state index in [-0.39, 0.29) is 12.2 Å². The van der Waals surface area contributed by atoms with Crippen LogP contribution in [0.1, 0.15) is 55.7 Å². The fraction of sp³-hybridized carbons (Fsp3) is 0.317. The van der Waals surface area contributed by atoms with Crippen LogP contribution in [0.25, 0.3) is 20.4 Å². The summed E-state index contributed by atoms with van der Waals surface area (Å²) in [4.78, 5) is 31.6. The summed E-state index contributed by atoms with van der Waals surface area (Å²) in [5.41, 5.74) is 9.52. The Morgan fingerprint density at radius 3 is 1.71 bits per heavy atom. The molecule has 0 aliphatic heterocycles. The molecule has 10 nitrogen and oxygen atoms in total. The second-order valence-electron chi connectivity index (χ2n) is 12.2. The number of halogens is 2. The number of hydrogen-bond acceptors (Lipinski definition) is 11. The molecule has 2 aromatic heterocycles. The predicted octanol–water partition coefficient (Wildman–Crippen LogP) is 10.4. The van der Waals surface area contributed by atoms with Crippen molar-refractivity contribution in [3.8, 4) is 23.0 Å². The summed E-state index contributed by atoms with van der Waals surface area (Å²) in [7, 11) is 3.21. The number of carboxylic acids is 1. The molecule has 0 saturated carbocycles. The van der Waals surface area contributed by atoms with Crippen LogP contribution >= 0.6 is 67.9 Å². The number of Topliss-reactive ketones (excluding diaryl/α,β-unsaturated/α-hetero) is 1. The normalized spacial score (nSPS) is 10.6. The van der Waals surface area contributed by atoms with Gasteiger partial charge in [-0.2, -0.15) is 0 Å². The molecule has 6 rings (SSSR count). The molecule has 0 spiro atoms. The topological polar surface area (TPSA) is 143 Å². The molecule has 0 saturated heterocycles. The van der Waals surface area contributed by atoms with E-state index in [4.69, 9.17) is 29.8 Å². The first-order valence-corrected chi connectivity index (χ1v) is 21.5. The molecule has 4 aromatic carbocycles. The number of ketones is 1. The molecule has 292 valence electrons. The highest BCUT2D eigenvalue weighted by atomic mass is 127. The lowest BCUT2D eigenvalue weighted by Gasteiger charge is -2.11. The minimum Gasteiger partial charge on any atom is -0.493 e. The van der Waals surface area contributed by atoms with Crippen molar-refractivity contribution in [2.45, 2.75) is 58.8 Å². The number of carbonyl (C=O) groups excluding carboxylic acids is 1. The lowest BCUT2D eigenvalue weighted by atomic mass is 10.1. The first kappa shape index (κ1) is 44.0. The van der Waals surface area contributed by atoms with Gasteiger partial charge in [-0.25, -0.2) is 9.97 Å². The maximum absolute atomic E-state index is 12.4. The Hall–Kier alpha value is -3.74. The Balaban J connectivity index is 0.000000204. The number of anilines is 1. The van der Waals surface area contributed by atoms with Gasteiger partial charge in [0.1, 0.15) is 10.8 Å². The first-order chi connectivity index (χ1) is 26.5. The molecular weight excluding hydrogens is 964 g/mol. The van der Waals surface area contributed by atoms with E-state index in [0.29, 0.717) is 61.3 Å². The minimum atomic E-state index is -0.796. The molecule has 0 aliphatic carbocycles. The maximum atomic E-state index is 12.4.